The smallest absolute Gasteiger partial charge is 0.251 e. The van der Waals surface area contributed by atoms with Crippen LogP contribution < -0.4 is 10.1 Å². The zero-order valence-corrected chi connectivity index (χ0v) is 13.6. The molecule has 1 atom stereocenters. The minimum atomic E-state index is -0.0748. The number of ether oxygens (including phenoxy) is 1. The number of benzene rings is 2. The van der Waals surface area contributed by atoms with Crippen LogP contribution in [0.25, 0.3) is 5.69 Å². The van der Waals surface area contributed by atoms with E-state index in [4.69, 9.17) is 4.74 Å². The molecule has 25 heavy (non-hydrogen) atoms. The van der Waals surface area contributed by atoms with E-state index in [1.54, 1.807) is 29.4 Å². The molecule has 6 nitrogen and oxygen atoms in total. The summed E-state index contributed by atoms with van der Waals surface area (Å²) in [6.45, 7) is 1.23. The van der Waals surface area contributed by atoms with Gasteiger partial charge in [-0.15, -0.1) is 10.2 Å². The van der Waals surface area contributed by atoms with Gasteiger partial charge in [-0.25, -0.2) is 0 Å². The van der Waals surface area contributed by atoms with Crippen molar-refractivity contribution in [1.29, 1.82) is 0 Å². The number of carbonyl (C=O) groups excluding carboxylic acids is 1. The summed E-state index contributed by atoms with van der Waals surface area (Å²) in [6, 6.07) is 15.4. The number of carbonyl (C=O) groups is 1. The first-order valence-corrected chi connectivity index (χ1v) is 8.23. The summed E-state index contributed by atoms with van der Waals surface area (Å²) in [5.41, 5.74) is 2.75. The lowest BCUT2D eigenvalue weighted by molar-refractivity contribution is 0.0939. The molecule has 1 N–H and O–H groups in total. The van der Waals surface area contributed by atoms with Crippen LogP contribution in [0, 0.1) is 5.92 Å². The molecule has 0 unspecified atom stereocenters. The van der Waals surface area contributed by atoms with Crippen LogP contribution in [0.1, 0.15) is 15.9 Å². The molecular weight excluding hydrogens is 316 g/mol. The maximum absolute atomic E-state index is 12.3. The molecule has 6 heteroatoms. The lowest BCUT2D eigenvalue weighted by atomic mass is 9.96. The van der Waals surface area contributed by atoms with Gasteiger partial charge in [-0.05, 0) is 42.3 Å². The number of nitrogens with one attached hydrogen (secondary N) is 1. The van der Waals surface area contributed by atoms with E-state index in [0.717, 1.165) is 17.9 Å². The highest BCUT2D eigenvalue weighted by molar-refractivity contribution is 5.94. The molecule has 0 aliphatic carbocycles. The summed E-state index contributed by atoms with van der Waals surface area (Å²) in [5.74, 6) is 1.17. The predicted molar refractivity (Wildman–Crippen MR) is 92.8 cm³/mol. The third-order valence-electron chi connectivity index (χ3n) is 4.35. The van der Waals surface area contributed by atoms with Crippen molar-refractivity contribution < 1.29 is 9.53 Å². The number of rotatable bonds is 4. The fraction of sp³-hybridized carbons (Fsp3) is 0.211. The quantitative estimate of drug-likeness (QED) is 0.794. The first-order chi connectivity index (χ1) is 12.3. The maximum Gasteiger partial charge on any atom is 0.251 e. The minimum Gasteiger partial charge on any atom is -0.493 e. The van der Waals surface area contributed by atoms with Crippen molar-refractivity contribution in [2.24, 2.45) is 5.92 Å². The van der Waals surface area contributed by atoms with Crippen molar-refractivity contribution in [2.45, 2.75) is 6.42 Å². The van der Waals surface area contributed by atoms with Gasteiger partial charge in [-0.3, -0.25) is 9.36 Å². The van der Waals surface area contributed by atoms with E-state index in [1.807, 2.05) is 30.3 Å². The summed E-state index contributed by atoms with van der Waals surface area (Å²) in [5, 5.41) is 10.6. The van der Waals surface area contributed by atoms with Gasteiger partial charge in [0.1, 0.15) is 18.4 Å². The van der Waals surface area contributed by atoms with Crippen LogP contribution in [0.15, 0.2) is 61.2 Å². The van der Waals surface area contributed by atoms with Crippen LogP contribution in [-0.4, -0.2) is 33.8 Å². The minimum absolute atomic E-state index is 0.0748. The molecule has 1 amide bonds. The van der Waals surface area contributed by atoms with E-state index in [0.29, 0.717) is 18.7 Å². The first-order valence-electron chi connectivity index (χ1n) is 8.23. The van der Waals surface area contributed by atoms with Crippen molar-refractivity contribution in [2.75, 3.05) is 13.2 Å². The largest absolute Gasteiger partial charge is 0.493 e. The monoisotopic (exact) mass is 334 g/mol. The van der Waals surface area contributed by atoms with Crippen LogP contribution in [0.2, 0.25) is 0 Å². The molecule has 2 heterocycles. The Morgan fingerprint density at radius 3 is 2.68 bits per heavy atom. The molecule has 1 aliphatic rings. The number of amides is 1. The molecular formula is C19H18N4O2. The van der Waals surface area contributed by atoms with Crippen molar-refractivity contribution in [3.8, 4) is 11.4 Å². The fourth-order valence-electron chi connectivity index (χ4n) is 2.98. The highest BCUT2D eigenvalue weighted by atomic mass is 16.5. The molecule has 0 fully saturated rings. The second kappa shape index (κ2) is 6.76. The van der Waals surface area contributed by atoms with Crippen molar-refractivity contribution in [3.63, 3.8) is 0 Å². The Morgan fingerprint density at radius 2 is 1.88 bits per heavy atom. The van der Waals surface area contributed by atoms with Gasteiger partial charge in [0.2, 0.25) is 0 Å². The number of hydrogen-bond donors (Lipinski definition) is 1. The Morgan fingerprint density at radius 1 is 1.12 bits per heavy atom. The topological polar surface area (TPSA) is 69.0 Å². The van der Waals surface area contributed by atoms with Crippen molar-refractivity contribution in [3.05, 3.63) is 72.3 Å². The summed E-state index contributed by atoms with van der Waals surface area (Å²) < 4.78 is 7.56. The second-order valence-electron chi connectivity index (χ2n) is 6.11. The third-order valence-corrected chi connectivity index (χ3v) is 4.35. The van der Waals surface area contributed by atoms with Gasteiger partial charge in [-0.1, -0.05) is 18.2 Å². The van der Waals surface area contributed by atoms with Crippen LogP contribution >= 0.6 is 0 Å². The van der Waals surface area contributed by atoms with E-state index < -0.39 is 0 Å². The van der Waals surface area contributed by atoms with Crippen molar-refractivity contribution >= 4 is 5.91 Å². The number of fused-ring (bicyclic) bond motifs is 1. The Hall–Kier alpha value is -3.15. The Kier molecular flexibility index (Phi) is 4.16. The standard InChI is InChI=1S/C19H18N4O2/c24-19(15-5-7-17(8-6-15)23-12-21-22-13-23)20-10-14-9-16-3-1-2-4-18(16)25-11-14/h1-8,12-14H,9-11H2,(H,20,24)/t14-/m1/s1. The van der Waals surface area contributed by atoms with Crippen LogP contribution in [0.3, 0.4) is 0 Å². The molecule has 1 aliphatic heterocycles. The molecule has 0 saturated carbocycles. The van der Waals surface area contributed by atoms with Gasteiger partial charge in [0.25, 0.3) is 5.91 Å². The zero-order chi connectivity index (χ0) is 17.1. The predicted octanol–water partition coefficient (Wildman–Crippen LogP) is 2.25. The molecule has 126 valence electrons. The Labute approximate surface area is 145 Å². The van der Waals surface area contributed by atoms with Gasteiger partial charge >= 0.3 is 0 Å². The van der Waals surface area contributed by atoms with Gasteiger partial charge in [0.05, 0.1) is 6.61 Å². The average Bonchev–Trinajstić information content (AvgIpc) is 3.21. The molecule has 2 aromatic carbocycles. The third kappa shape index (κ3) is 3.38. The van der Waals surface area contributed by atoms with Gasteiger partial charge in [0.15, 0.2) is 0 Å². The number of hydrogen-bond acceptors (Lipinski definition) is 4. The zero-order valence-electron chi connectivity index (χ0n) is 13.6. The van der Waals surface area contributed by atoms with Crippen LogP contribution in [0.4, 0.5) is 0 Å². The second-order valence-corrected chi connectivity index (χ2v) is 6.11. The van der Waals surface area contributed by atoms with E-state index in [9.17, 15) is 4.79 Å². The molecule has 4 rings (SSSR count). The van der Waals surface area contributed by atoms with Gasteiger partial charge in [0, 0.05) is 23.7 Å². The first kappa shape index (κ1) is 15.4. The lowest BCUT2D eigenvalue weighted by Gasteiger charge is -2.25. The fourth-order valence-corrected chi connectivity index (χ4v) is 2.98. The lowest BCUT2D eigenvalue weighted by Crippen LogP contribution is -2.34. The number of para-hydroxylation sites is 1. The molecule has 3 aromatic rings. The number of aromatic nitrogens is 3. The molecule has 0 bridgehead atoms. The van der Waals surface area contributed by atoms with Crippen molar-refractivity contribution in [1.82, 2.24) is 20.1 Å². The molecule has 0 spiro atoms. The normalized spacial score (nSPS) is 15.9. The average molecular weight is 334 g/mol. The van der Waals surface area contributed by atoms with Gasteiger partial charge < -0.3 is 10.1 Å². The van der Waals surface area contributed by atoms with Gasteiger partial charge in [-0.2, -0.15) is 0 Å². The summed E-state index contributed by atoms with van der Waals surface area (Å²) >= 11 is 0. The van der Waals surface area contributed by atoms with E-state index >= 15 is 0 Å². The van der Waals surface area contributed by atoms with E-state index in [2.05, 4.69) is 21.6 Å². The summed E-state index contributed by atoms with van der Waals surface area (Å²) in [6.07, 6.45) is 4.16. The van der Waals surface area contributed by atoms with Crippen LogP contribution in [0.5, 0.6) is 5.75 Å². The molecule has 0 radical (unpaired) electrons. The molecule has 1 aromatic heterocycles. The molecule has 0 saturated heterocycles. The van der Waals surface area contributed by atoms with E-state index in [1.165, 1.54) is 5.56 Å². The highest BCUT2D eigenvalue weighted by Crippen LogP contribution is 2.26. The SMILES string of the molecule is O=C(NC[C@@H]1COc2ccccc2C1)c1ccc(-n2cnnc2)cc1. The Balaban J connectivity index is 1.35. The maximum atomic E-state index is 12.3. The summed E-state index contributed by atoms with van der Waals surface area (Å²) in [7, 11) is 0. The summed E-state index contributed by atoms with van der Waals surface area (Å²) in [4.78, 5) is 12.3. The van der Waals surface area contributed by atoms with E-state index in [-0.39, 0.29) is 11.8 Å². The van der Waals surface area contributed by atoms with Crippen LogP contribution in [-0.2, 0) is 6.42 Å². The number of nitrogens with zero attached hydrogens (tertiary/aromatic N) is 3. The highest BCUT2D eigenvalue weighted by Gasteiger charge is 2.20. The Bertz CT molecular complexity index is 859.